The van der Waals surface area contributed by atoms with E-state index < -0.39 is 0 Å². The minimum Gasteiger partial charge on any atom is -0.377 e. The summed E-state index contributed by atoms with van der Waals surface area (Å²) < 4.78 is 0. The van der Waals surface area contributed by atoms with Gasteiger partial charge in [-0.1, -0.05) is 30.2 Å². The zero-order valence-electron chi connectivity index (χ0n) is 11.2. The SMILES string of the molecule is S=C1CCCCC(CCc2nc3ncc(Cl)cc3[nH]2)N1. The van der Waals surface area contributed by atoms with Crippen LogP contribution in [-0.2, 0) is 6.42 Å². The second-order valence-electron chi connectivity index (χ2n) is 5.26. The van der Waals surface area contributed by atoms with E-state index in [0.717, 1.165) is 41.2 Å². The largest absolute Gasteiger partial charge is 0.377 e. The van der Waals surface area contributed by atoms with Crippen LogP contribution >= 0.6 is 23.8 Å². The van der Waals surface area contributed by atoms with Gasteiger partial charge in [0, 0.05) is 18.7 Å². The summed E-state index contributed by atoms with van der Waals surface area (Å²) in [4.78, 5) is 13.0. The molecule has 1 aliphatic rings. The van der Waals surface area contributed by atoms with E-state index in [1.54, 1.807) is 6.20 Å². The maximum absolute atomic E-state index is 5.93. The summed E-state index contributed by atoms with van der Waals surface area (Å²) in [6.07, 6.45) is 8.22. The summed E-state index contributed by atoms with van der Waals surface area (Å²) in [5, 5.41) is 4.07. The van der Waals surface area contributed by atoms with Gasteiger partial charge in [0.05, 0.1) is 15.5 Å². The van der Waals surface area contributed by atoms with E-state index in [4.69, 9.17) is 23.8 Å². The minimum atomic E-state index is 0.467. The third-order valence-corrected chi connectivity index (χ3v) is 4.18. The third kappa shape index (κ3) is 3.27. The van der Waals surface area contributed by atoms with Gasteiger partial charge in [-0.05, 0) is 31.7 Å². The van der Waals surface area contributed by atoms with E-state index >= 15 is 0 Å². The number of fused-ring (bicyclic) bond motifs is 1. The zero-order valence-corrected chi connectivity index (χ0v) is 12.7. The lowest BCUT2D eigenvalue weighted by Gasteiger charge is -2.16. The van der Waals surface area contributed by atoms with Crippen LogP contribution in [0.3, 0.4) is 0 Å². The first-order chi connectivity index (χ1) is 9.70. The molecule has 1 aliphatic heterocycles. The Morgan fingerprint density at radius 3 is 3.20 bits per heavy atom. The van der Waals surface area contributed by atoms with Crippen molar-refractivity contribution in [2.24, 2.45) is 0 Å². The van der Waals surface area contributed by atoms with Gasteiger partial charge < -0.3 is 10.3 Å². The summed E-state index contributed by atoms with van der Waals surface area (Å²) >= 11 is 11.2. The molecule has 1 saturated heterocycles. The van der Waals surface area contributed by atoms with Crippen LogP contribution in [0.1, 0.15) is 37.9 Å². The molecule has 0 spiro atoms. The van der Waals surface area contributed by atoms with E-state index in [2.05, 4.69) is 20.3 Å². The van der Waals surface area contributed by atoms with Crippen LogP contribution < -0.4 is 5.32 Å². The molecule has 1 fully saturated rings. The topological polar surface area (TPSA) is 53.6 Å². The highest BCUT2D eigenvalue weighted by molar-refractivity contribution is 7.80. The highest BCUT2D eigenvalue weighted by Gasteiger charge is 2.15. The van der Waals surface area contributed by atoms with E-state index in [1.807, 2.05) is 6.07 Å². The highest BCUT2D eigenvalue weighted by Crippen LogP contribution is 2.17. The number of nitrogens with one attached hydrogen (secondary N) is 2. The van der Waals surface area contributed by atoms with Crippen LogP contribution in [0.5, 0.6) is 0 Å². The lowest BCUT2D eigenvalue weighted by molar-refractivity contribution is 0.513. The Morgan fingerprint density at radius 1 is 1.40 bits per heavy atom. The average Bonchev–Trinajstić information content (AvgIpc) is 2.70. The van der Waals surface area contributed by atoms with Gasteiger partial charge in [-0.15, -0.1) is 0 Å². The molecule has 2 aromatic rings. The Kier molecular flexibility index (Phi) is 4.17. The molecule has 0 bridgehead atoms. The molecule has 0 aromatic carbocycles. The third-order valence-electron chi connectivity index (χ3n) is 3.65. The van der Waals surface area contributed by atoms with E-state index in [1.165, 1.54) is 19.3 Å². The number of rotatable bonds is 3. The maximum Gasteiger partial charge on any atom is 0.177 e. The smallest absolute Gasteiger partial charge is 0.177 e. The van der Waals surface area contributed by atoms with Crippen molar-refractivity contribution in [3.05, 3.63) is 23.1 Å². The second kappa shape index (κ2) is 6.06. The molecule has 1 unspecified atom stereocenters. The van der Waals surface area contributed by atoms with Gasteiger partial charge in [-0.3, -0.25) is 0 Å². The predicted octanol–water partition coefficient (Wildman–Crippen LogP) is 3.40. The Balaban J connectivity index is 1.65. The average molecular weight is 309 g/mol. The maximum atomic E-state index is 5.93. The highest BCUT2D eigenvalue weighted by atomic mass is 35.5. The molecule has 4 nitrogen and oxygen atoms in total. The standard InChI is InChI=1S/C14H17ClN4S/c15-9-7-11-14(16-8-9)19-12(18-11)6-5-10-3-1-2-4-13(20)17-10/h7-8,10H,1-6H2,(H,17,20)(H,16,18,19). The van der Waals surface area contributed by atoms with Crippen molar-refractivity contribution in [3.63, 3.8) is 0 Å². The van der Waals surface area contributed by atoms with Crippen molar-refractivity contribution in [2.75, 3.05) is 0 Å². The van der Waals surface area contributed by atoms with Crippen molar-refractivity contribution >= 4 is 40.0 Å². The quantitative estimate of drug-likeness (QED) is 0.853. The van der Waals surface area contributed by atoms with Crippen molar-refractivity contribution in [2.45, 2.75) is 44.6 Å². The van der Waals surface area contributed by atoms with Gasteiger partial charge in [-0.2, -0.15) is 0 Å². The van der Waals surface area contributed by atoms with Crippen LogP contribution in [0.4, 0.5) is 0 Å². The molecule has 2 N–H and O–H groups in total. The molecule has 2 aromatic heterocycles. The molecule has 3 heterocycles. The lowest BCUT2D eigenvalue weighted by Crippen LogP contribution is -2.32. The number of H-pyrrole nitrogens is 1. The summed E-state index contributed by atoms with van der Waals surface area (Å²) in [7, 11) is 0. The fourth-order valence-electron chi connectivity index (χ4n) is 2.62. The first-order valence-corrected chi connectivity index (χ1v) is 7.79. The molecule has 0 radical (unpaired) electrons. The number of imidazole rings is 1. The fraction of sp³-hybridized carbons (Fsp3) is 0.500. The molecule has 6 heteroatoms. The number of hydrogen-bond acceptors (Lipinski definition) is 3. The Hall–Kier alpha value is -1.20. The Labute approximate surface area is 128 Å². The van der Waals surface area contributed by atoms with Crippen LogP contribution in [0.25, 0.3) is 11.2 Å². The van der Waals surface area contributed by atoms with Crippen LogP contribution in [-0.4, -0.2) is 26.0 Å². The van der Waals surface area contributed by atoms with Crippen molar-refractivity contribution in [3.8, 4) is 0 Å². The van der Waals surface area contributed by atoms with Gasteiger partial charge in [0.15, 0.2) is 5.65 Å². The molecular formula is C14H17ClN4S. The van der Waals surface area contributed by atoms with E-state index in [-0.39, 0.29) is 0 Å². The molecule has 1 atom stereocenters. The number of aryl methyl sites for hydroxylation is 1. The van der Waals surface area contributed by atoms with Crippen molar-refractivity contribution < 1.29 is 0 Å². The molecule has 0 amide bonds. The molecule has 106 valence electrons. The van der Waals surface area contributed by atoms with Crippen LogP contribution in [0, 0.1) is 0 Å². The number of thiocarbonyl (C=S) groups is 1. The summed E-state index contributed by atoms with van der Waals surface area (Å²) in [6.45, 7) is 0. The second-order valence-corrected chi connectivity index (χ2v) is 6.19. The Morgan fingerprint density at radius 2 is 2.30 bits per heavy atom. The summed E-state index contributed by atoms with van der Waals surface area (Å²) in [6, 6.07) is 2.33. The lowest BCUT2D eigenvalue weighted by atomic mass is 10.1. The van der Waals surface area contributed by atoms with Crippen molar-refractivity contribution in [1.82, 2.24) is 20.3 Å². The Bertz CT molecular complexity index is 625. The first kappa shape index (κ1) is 13.8. The number of hydrogen-bond donors (Lipinski definition) is 2. The van der Waals surface area contributed by atoms with Gasteiger partial charge >= 0.3 is 0 Å². The monoisotopic (exact) mass is 308 g/mol. The van der Waals surface area contributed by atoms with E-state index in [9.17, 15) is 0 Å². The summed E-state index contributed by atoms with van der Waals surface area (Å²) in [5.41, 5.74) is 1.63. The molecule has 0 saturated carbocycles. The zero-order chi connectivity index (χ0) is 13.9. The number of aromatic nitrogens is 3. The number of pyridine rings is 1. The van der Waals surface area contributed by atoms with Crippen LogP contribution in [0.15, 0.2) is 12.3 Å². The normalized spacial score (nSPS) is 19.9. The first-order valence-electron chi connectivity index (χ1n) is 7.00. The number of nitrogens with zero attached hydrogens (tertiary/aromatic N) is 2. The molecular weight excluding hydrogens is 292 g/mol. The van der Waals surface area contributed by atoms with Gasteiger partial charge in [0.25, 0.3) is 0 Å². The van der Waals surface area contributed by atoms with Gasteiger partial charge in [-0.25, -0.2) is 9.97 Å². The molecule has 3 rings (SSSR count). The molecule has 20 heavy (non-hydrogen) atoms. The number of aromatic amines is 1. The number of halogens is 1. The van der Waals surface area contributed by atoms with Gasteiger partial charge in [0.1, 0.15) is 5.82 Å². The fourth-order valence-corrected chi connectivity index (χ4v) is 3.09. The van der Waals surface area contributed by atoms with Crippen LogP contribution in [0.2, 0.25) is 5.02 Å². The van der Waals surface area contributed by atoms with Crippen molar-refractivity contribution in [1.29, 1.82) is 0 Å². The minimum absolute atomic E-state index is 0.467. The van der Waals surface area contributed by atoms with E-state index in [0.29, 0.717) is 11.1 Å². The molecule has 0 aliphatic carbocycles. The predicted molar refractivity (Wildman–Crippen MR) is 85.2 cm³/mol. The summed E-state index contributed by atoms with van der Waals surface area (Å²) in [5.74, 6) is 0.965. The van der Waals surface area contributed by atoms with Gasteiger partial charge in [0.2, 0.25) is 0 Å².